The van der Waals surface area contributed by atoms with E-state index in [0.29, 0.717) is 24.0 Å². The maximum atomic E-state index is 14.4. The average molecular weight is 537 g/mol. The molecule has 2 fully saturated rings. The molecule has 2 aliphatic heterocycles. The van der Waals surface area contributed by atoms with Gasteiger partial charge in [-0.05, 0) is 56.2 Å². The third-order valence-corrected chi connectivity index (χ3v) is 6.66. The number of ether oxygens (including phenoxy) is 2. The summed E-state index contributed by atoms with van der Waals surface area (Å²) in [6.07, 6.45) is 3.57. The first kappa shape index (κ1) is 29.8. The van der Waals surface area contributed by atoms with E-state index in [1.807, 2.05) is 49.4 Å². The number of rotatable bonds is 6. The van der Waals surface area contributed by atoms with Crippen LogP contribution in [0.15, 0.2) is 78.9 Å². The van der Waals surface area contributed by atoms with Crippen LogP contribution in [-0.2, 0) is 4.79 Å². The molecule has 2 saturated heterocycles. The zero-order valence-corrected chi connectivity index (χ0v) is 23.3. The monoisotopic (exact) mass is 536 g/mol. The highest BCUT2D eigenvalue weighted by atomic mass is 19.1. The van der Waals surface area contributed by atoms with Gasteiger partial charge in [0.05, 0.1) is 12.3 Å². The van der Waals surface area contributed by atoms with Crippen LogP contribution in [0.25, 0.3) is 0 Å². The molecule has 0 saturated carbocycles. The predicted molar refractivity (Wildman–Crippen MR) is 156 cm³/mol. The highest BCUT2D eigenvalue weighted by Crippen LogP contribution is 2.31. The molecule has 0 spiro atoms. The zero-order valence-electron chi connectivity index (χ0n) is 23.3. The predicted octanol–water partition coefficient (Wildman–Crippen LogP) is 6.90. The van der Waals surface area contributed by atoms with Crippen LogP contribution in [0.4, 0.5) is 15.8 Å². The third kappa shape index (κ3) is 9.82. The first-order chi connectivity index (χ1) is 18.9. The summed E-state index contributed by atoms with van der Waals surface area (Å²) in [6.45, 7) is 9.61. The number of benzene rings is 3. The highest BCUT2D eigenvalue weighted by Gasteiger charge is 2.29. The van der Waals surface area contributed by atoms with Gasteiger partial charge in [-0.15, -0.1) is 0 Å². The van der Waals surface area contributed by atoms with Crippen molar-refractivity contribution in [2.45, 2.75) is 46.1 Å². The van der Waals surface area contributed by atoms with E-state index in [1.165, 1.54) is 24.6 Å². The van der Waals surface area contributed by atoms with E-state index in [9.17, 15) is 4.39 Å². The largest absolute Gasteiger partial charge is 0.494 e. The number of hydrogen-bond donors (Lipinski definition) is 1. The smallest absolute Gasteiger partial charge is 0.300 e. The van der Waals surface area contributed by atoms with E-state index in [0.717, 1.165) is 45.3 Å². The molecule has 0 aliphatic carbocycles. The Balaban J connectivity index is 0.000000355. The summed E-state index contributed by atoms with van der Waals surface area (Å²) in [5.41, 5.74) is 1.90. The Morgan fingerprint density at radius 3 is 2.03 bits per heavy atom. The van der Waals surface area contributed by atoms with Crippen LogP contribution < -0.4 is 19.3 Å². The maximum Gasteiger partial charge on any atom is 0.300 e. The number of carbonyl (C=O) groups is 1. The highest BCUT2D eigenvalue weighted by molar-refractivity contribution is 5.63. The van der Waals surface area contributed by atoms with Crippen molar-refractivity contribution in [1.29, 1.82) is 0 Å². The molecule has 3 aromatic rings. The van der Waals surface area contributed by atoms with Gasteiger partial charge in [0.15, 0.2) is 0 Å². The quantitative estimate of drug-likeness (QED) is 0.370. The van der Waals surface area contributed by atoms with E-state index in [2.05, 4.69) is 41.0 Å². The van der Waals surface area contributed by atoms with Crippen LogP contribution >= 0.6 is 0 Å². The second-order valence-electron chi connectivity index (χ2n) is 9.78. The SMILES string of the molecule is CC(=O)O.CCOc1ccc(F)c(N2CCC(Oc3ccc(N4CCCC4)cc3)C(C)C2)c1.c1ccccc1. The zero-order chi connectivity index (χ0) is 28.0. The van der Waals surface area contributed by atoms with Gasteiger partial charge in [-0.25, -0.2) is 4.39 Å². The van der Waals surface area contributed by atoms with Crippen LogP contribution in [0, 0.1) is 11.7 Å². The molecule has 7 heteroatoms. The molecule has 0 bridgehead atoms. The fourth-order valence-corrected chi connectivity index (χ4v) is 4.78. The minimum atomic E-state index is -0.833. The molecule has 6 nitrogen and oxygen atoms in total. The van der Waals surface area contributed by atoms with Crippen molar-refractivity contribution in [1.82, 2.24) is 0 Å². The van der Waals surface area contributed by atoms with Gasteiger partial charge < -0.3 is 24.4 Å². The lowest BCUT2D eigenvalue weighted by atomic mass is 9.95. The summed E-state index contributed by atoms with van der Waals surface area (Å²) >= 11 is 0. The van der Waals surface area contributed by atoms with Gasteiger partial charge in [0.2, 0.25) is 0 Å². The summed E-state index contributed by atoms with van der Waals surface area (Å²) in [5, 5.41) is 7.42. The molecule has 2 heterocycles. The van der Waals surface area contributed by atoms with Gasteiger partial charge in [0, 0.05) is 57.2 Å². The summed E-state index contributed by atoms with van der Waals surface area (Å²) in [4.78, 5) is 13.5. The van der Waals surface area contributed by atoms with Crippen LogP contribution in [-0.4, -0.2) is 50.0 Å². The van der Waals surface area contributed by atoms with Crippen molar-refractivity contribution in [3.05, 3.63) is 84.7 Å². The molecule has 5 rings (SSSR count). The average Bonchev–Trinajstić information content (AvgIpc) is 3.48. The Morgan fingerprint density at radius 1 is 0.923 bits per heavy atom. The topological polar surface area (TPSA) is 62.2 Å². The van der Waals surface area contributed by atoms with Gasteiger partial charge in [-0.1, -0.05) is 43.3 Å². The molecule has 2 aliphatic rings. The minimum absolute atomic E-state index is 0.141. The van der Waals surface area contributed by atoms with Crippen LogP contribution in [0.2, 0.25) is 0 Å². The van der Waals surface area contributed by atoms with Crippen LogP contribution in [0.5, 0.6) is 11.5 Å². The maximum absolute atomic E-state index is 14.4. The molecule has 2 atom stereocenters. The number of carboxylic acids is 1. The van der Waals surface area contributed by atoms with Gasteiger partial charge in [-0.3, -0.25) is 4.79 Å². The number of piperidine rings is 1. The molecular weight excluding hydrogens is 495 g/mol. The molecule has 210 valence electrons. The number of nitrogens with zero attached hydrogens (tertiary/aromatic N) is 2. The Kier molecular flexibility index (Phi) is 11.9. The fourth-order valence-electron chi connectivity index (χ4n) is 4.78. The molecule has 0 radical (unpaired) electrons. The van der Waals surface area contributed by atoms with Crippen molar-refractivity contribution >= 4 is 17.3 Å². The molecular formula is C32H41FN2O4. The van der Waals surface area contributed by atoms with Gasteiger partial charge in [0.25, 0.3) is 5.97 Å². The van der Waals surface area contributed by atoms with E-state index in [-0.39, 0.29) is 11.9 Å². The third-order valence-electron chi connectivity index (χ3n) is 6.66. The molecule has 0 amide bonds. The van der Waals surface area contributed by atoms with E-state index in [4.69, 9.17) is 19.4 Å². The van der Waals surface area contributed by atoms with Crippen molar-refractivity contribution in [2.75, 3.05) is 42.6 Å². The lowest BCUT2D eigenvalue weighted by Crippen LogP contribution is -2.44. The van der Waals surface area contributed by atoms with Crippen molar-refractivity contribution in [3.63, 3.8) is 0 Å². The first-order valence-electron chi connectivity index (χ1n) is 13.8. The minimum Gasteiger partial charge on any atom is -0.494 e. The van der Waals surface area contributed by atoms with Crippen molar-refractivity contribution in [2.24, 2.45) is 5.92 Å². The number of carboxylic acid groups (broad SMARTS) is 1. The standard InChI is InChI=1S/C24H31FN2O2.C6H6.C2H4O2/c1-3-28-21-10-11-22(25)23(16-21)27-15-12-24(18(2)17-27)29-20-8-6-19(7-9-20)26-13-4-5-14-26;1-2-4-6-5-3-1;1-2(3)4/h6-11,16,18,24H,3-5,12-15,17H2,1-2H3;1-6H;1H3,(H,3,4). The Labute approximate surface area is 232 Å². The van der Waals surface area contributed by atoms with Gasteiger partial charge >= 0.3 is 0 Å². The summed E-state index contributed by atoms with van der Waals surface area (Å²) in [7, 11) is 0. The Hall–Kier alpha value is -3.74. The second-order valence-corrected chi connectivity index (χ2v) is 9.78. The summed E-state index contributed by atoms with van der Waals surface area (Å²) < 4.78 is 26.2. The summed E-state index contributed by atoms with van der Waals surface area (Å²) in [6, 6.07) is 25.5. The van der Waals surface area contributed by atoms with Crippen molar-refractivity contribution in [3.8, 4) is 11.5 Å². The van der Waals surface area contributed by atoms with E-state index in [1.54, 1.807) is 6.07 Å². The number of halogens is 1. The molecule has 39 heavy (non-hydrogen) atoms. The molecule has 2 unspecified atom stereocenters. The molecule has 0 aromatic heterocycles. The fraction of sp³-hybridized carbons (Fsp3) is 0.406. The van der Waals surface area contributed by atoms with E-state index < -0.39 is 5.97 Å². The first-order valence-corrected chi connectivity index (χ1v) is 13.8. The second kappa shape index (κ2) is 15.6. The Morgan fingerprint density at radius 2 is 1.49 bits per heavy atom. The molecule has 3 aromatic carbocycles. The van der Waals surface area contributed by atoms with E-state index >= 15 is 0 Å². The lowest BCUT2D eigenvalue weighted by Gasteiger charge is -2.38. The van der Waals surface area contributed by atoms with Crippen molar-refractivity contribution < 1.29 is 23.8 Å². The summed E-state index contributed by atoms with van der Waals surface area (Å²) in [5.74, 6) is 0.908. The number of anilines is 2. The Bertz CT molecular complexity index is 1090. The van der Waals surface area contributed by atoms with Crippen LogP contribution in [0.1, 0.15) is 40.0 Å². The molecule has 1 N–H and O–H groups in total. The normalized spacial score (nSPS) is 18.3. The van der Waals surface area contributed by atoms with Crippen LogP contribution in [0.3, 0.4) is 0 Å². The van der Waals surface area contributed by atoms with Gasteiger partial charge in [0.1, 0.15) is 23.4 Å². The number of hydrogen-bond acceptors (Lipinski definition) is 5. The number of aliphatic carboxylic acids is 1. The lowest BCUT2D eigenvalue weighted by molar-refractivity contribution is -0.134. The van der Waals surface area contributed by atoms with Gasteiger partial charge in [-0.2, -0.15) is 0 Å².